The molecule has 1 unspecified atom stereocenters. The minimum atomic E-state index is -0.804. The molecule has 2 N–H and O–H groups in total. The van der Waals surface area contributed by atoms with Gasteiger partial charge in [-0.3, -0.25) is 5.73 Å². The molecule has 0 radical (unpaired) electrons. The predicted molar refractivity (Wildman–Crippen MR) is 53.0 cm³/mol. The van der Waals surface area contributed by atoms with Gasteiger partial charge >= 0.3 is 5.97 Å². The summed E-state index contributed by atoms with van der Waals surface area (Å²) in [5.41, 5.74) is 5.06. The van der Waals surface area contributed by atoms with E-state index in [4.69, 9.17) is 10.5 Å². The highest BCUT2D eigenvalue weighted by Crippen LogP contribution is 2.17. The molecule has 0 spiro atoms. The van der Waals surface area contributed by atoms with Crippen LogP contribution in [0.1, 0.15) is 39.5 Å². The third-order valence-electron chi connectivity index (χ3n) is 2.02. The molecule has 0 amide bonds. The van der Waals surface area contributed by atoms with E-state index in [-0.39, 0.29) is 0 Å². The van der Waals surface area contributed by atoms with Crippen molar-refractivity contribution in [2.75, 3.05) is 0 Å². The van der Waals surface area contributed by atoms with E-state index < -0.39 is 11.7 Å². The summed E-state index contributed by atoms with van der Waals surface area (Å²) in [5, 5.41) is 0. The number of hydrogen-bond acceptors (Lipinski definition) is 3. The average molecular weight is 185 g/mol. The highest BCUT2D eigenvalue weighted by atomic mass is 16.6. The smallest absolute Gasteiger partial charge is 0.331 e. The van der Waals surface area contributed by atoms with Gasteiger partial charge in [0.2, 0.25) is 0 Å². The zero-order valence-electron chi connectivity index (χ0n) is 8.51. The van der Waals surface area contributed by atoms with Crippen molar-refractivity contribution in [1.29, 1.82) is 0 Å². The third kappa shape index (κ3) is 4.68. The molecule has 0 aromatic carbocycles. The Morgan fingerprint density at radius 2 is 2.23 bits per heavy atom. The quantitative estimate of drug-likeness (QED) is 0.391. The Labute approximate surface area is 79.9 Å². The van der Waals surface area contributed by atoms with Crippen LogP contribution in [-0.4, -0.2) is 11.7 Å². The van der Waals surface area contributed by atoms with E-state index in [2.05, 4.69) is 13.5 Å². The molecule has 0 aromatic heterocycles. The highest BCUT2D eigenvalue weighted by molar-refractivity contribution is 5.81. The van der Waals surface area contributed by atoms with Gasteiger partial charge in [-0.1, -0.05) is 26.8 Å². The topological polar surface area (TPSA) is 52.3 Å². The lowest BCUT2D eigenvalue weighted by atomic mass is 10.0. The minimum absolute atomic E-state index is 0.444. The van der Waals surface area contributed by atoms with Crippen molar-refractivity contribution >= 4 is 5.97 Å². The van der Waals surface area contributed by atoms with E-state index in [9.17, 15) is 4.79 Å². The molecule has 0 bridgehead atoms. The molecule has 0 aromatic rings. The molecule has 3 nitrogen and oxygen atoms in total. The Morgan fingerprint density at radius 1 is 1.62 bits per heavy atom. The van der Waals surface area contributed by atoms with Gasteiger partial charge in [0.25, 0.3) is 0 Å². The molecule has 0 heterocycles. The van der Waals surface area contributed by atoms with Crippen LogP contribution in [0.5, 0.6) is 0 Å². The number of esters is 1. The van der Waals surface area contributed by atoms with Gasteiger partial charge in [-0.15, -0.1) is 0 Å². The van der Waals surface area contributed by atoms with Crippen molar-refractivity contribution in [2.24, 2.45) is 5.73 Å². The van der Waals surface area contributed by atoms with Gasteiger partial charge in [-0.05, 0) is 12.8 Å². The van der Waals surface area contributed by atoms with Crippen molar-refractivity contribution in [3.05, 3.63) is 12.7 Å². The summed E-state index contributed by atoms with van der Waals surface area (Å²) in [6.07, 6.45) is 4.49. The molecule has 3 heteroatoms. The number of rotatable bonds is 6. The second-order valence-corrected chi connectivity index (χ2v) is 3.15. The molecule has 76 valence electrons. The summed E-state index contributed by atoms with van der Waals surface area (Å²) < 4.78 is 5.06. The standard InChI is InChI=1S/C10H19NO2/c1-4-7-8-10(11,6-3)13-9(12)5-2/h5H,2,4,6-8,11H2,1,3H3. The van der Waals surface area contributed by atoms with Crippen molar-refractivity contribution in [3.63, 3.8) is 0 Å². The van der Waals surface area contributed by atoms with Crippen molar-refractivity contribution in [1.82, 2.24) is 0 Å². The summed E-state index contributed by atoms with van der Waals surface area (Å²) in [7, 11) is 0. The number of unbranched alkanes of at least 4 members (excludes halogenated alkanes) is 1. The lowest BCUT2D eigenvalue weighted by Gasteiger charge is -2.27. The van der Waals surface area contributed by atoms with Crippen LogP contribution in [0.3, 0.4) is 0 Å². The second kappa shape index (κ2) is 5.75. The van der Waals surface area contributed by atoms with Crippen molar-refractivity contribution in [2.45, 2.75) is 45.3 Å². The maximum Gasteiger partial charge on any atom is 0.331 e. The van der Waals surface area contributed by atoms with Gasteiger partial charge in [0.1, 0.15) is 0 Å². The molecule has 0 aliphatic heterocycles. The Hall–Kier alpha value is -0.830. The molecule has 13 heavy (non-hydrogen) atoms. The van der Waals surface area contributed by atoms with E-state index >= 15 is 0 Å². The van der Waals surface area contributed by atoms with Crippen LogP contribution in [0.2, 0.25) is 0 Å². The molecule has 0 saturated heterocycles. The highest BCUT2D eigenvalue weighted by Gasteiger charge is 2.25. The Morgan fingerprint density at radius 3 is 2.62 bits per heavy atom. The van der Waals surface area contributed by atoms with Crippen molar-refractivity contribution in [3.8, 4) is 0 Å². The van der Waals surface area contributed by atoms with Crippen LogP contribution in [0.25, 0.3) is 0 Å². The van der Waals surface area contributed by atoms with E-state index in [1.165, 1.54) is 0 Å². The van der Waals surface area contributed by atoms with Crippen LogP contribution in [-0.2, 0) is 9.53 Å². The Balaban J connectivity index is 4.09. The molecular formula is C10H19NO2. The van der Waals surface area contributed by atoms with Crippen LogP contribution in [0, 0.1) is 0 Å². The molecule has 0 aliphatic rings. The van der Waals surface area contributed by atoms with Crippen LogP contribution < -0.4 is 5.73 Å². The summed E-state index contributed by atoms with van der Waals surface area (Å²) >= 11 is 0. The van der Waals surface area contributed by atoms with Crippen LogP contribution in [0.15, 0.2) is 12.7 Å². The fraction of sp³-hybridized carbons (Fsp3) is 0.700. The van der Waals surface area contributed by atoms with E-state index in [1.807, 2.05) is 6.92 Å². The molecule has 0 saturated carbocycles. The van der Waals surface area contributed by atoms with Gasteiger partial charge in [0, 0.05) is 12.5 Å². The number of carbonyl (C=O) groups excluding carboxylic acids is 1. The maximum atomic E-state index is 10.9. The summed E-state index contributed by atoms with van der Waals surface area (Å²) in [6, 6.07) is 0. The van der Waals surface area contributed by atoms with Gasteiger partial charge in [-0.2, -0.15) is 0 Å². The van der Waals surface area contributed by atoms with Gasteiger partial charge in [0.15, 0.2) is 5.72 Å². The van der Waals surface area contributed by atoms with Gasteiger partial charge < -0.3 is 4.74 Å². The normalized spacial score (nSPS) is 14.7. The first-order valence-corrected chi connectivity index (χ1v) is 4.72. The second-order valence-electron chi connectivity index (χ2n) is 3.15. The lowest BCUT2D eigenvalue weighted by molar-refractivity contribution is -0.154. The lowest BCUT2D eigenvalue weighted by Crippen LogP contribution is -2.43. The van der Waals surface area contributed by atoms with Gasteiger partial charge in [0.05, 0.1) is 0 Å². The molecular weight excluding hydrogens is 166 g/mol. The molecule has 1 atom stereocenters. The minimum Gasteiger partial charge on any atom is -0.441 e. The summed E-state index contributed by atoms with van der Waals surface area (Å²) in [4.78, 5) is 10.9. The van der Waals surface area contributed by atoms with Gasteiger partial charge in [-0.25, -0.2) is 4.79 Å². The fourth-order valence-electron chi connectivity index (χ4n) is 1.02. The first-order valence-electron chi connectivity index (χ1n) is 4.72. The zero-order chi connectivity index (χ0) is 10.3. The van der Waals surface area contributed by atoms with Crippen molar-refractivity contribution < 1.29 is 9.53 Å². The first-order chi connectivity index (χ1) is 6.08. The fourth-order valence-corrected chi connectivity index (χ4v) is 1.02. The molecule has 0 rings (SSSR count). The summed E-state index contributed by atoms with van der Waals surface area (Å²) in [5.74, 6) is -0.444. The van der Waals surface area contributed by atoms with E-state index in [0.717, 1.165) is 18.9 Å². The zero-order valence-corrected chi connectivity index (χ0v) is 8.51. The molecule has 0 fully saturated rings. The van der Waals surface area contributed by atoms with Crippen LogP contribution in [0.4, 0.5) is 0 Å². The third-order valence-corrected chi connectivity index (χ3v) is 2.02. The SMILES string of the molecule is C=CC(=O)OC(N)(CC)CCCC. The number of nitrogens with two attached hydrogens (primary N) is 1. The monoisotopic (exact) mass is 185 g/mol. The van der Waals surface area contributed by atoms with E-state index in [0.29, 0.717) is 12.8 Å². The Bertz CT molecular complexity index is 180. The number of hydrogen-bond donors (Lipinski definition) is 1. The average Bonchev–Trinajstić information content (AvgIpc) is 2.14. The molecule has 0 aliphatic carbocycles. The number of carbonyl (C=O) groups is 1. The van der Waals surface area contributed by atoms with E-state index in [1.54, 1.807) is 0 Å². The Kier molecular flexibility index (Phi) is 5.39. The largest absolute Gasteiger partial charge is 0.441 e. The first kappa shape index (κ1) is 12.2. The van der Waals surface area contributed by atoms with Crippen LogP contribution >= 0.6 is 0 Å². The maximum absolute atomic E-state index is 10.9. The predicted octanol–water partition coefficient (Wildman–Crippen LogP) is 1.97. The summed E-state index contributed by atoms with van der Waals surface area (Å²) in [6.45, 7) is 7.31. The number of ether oxygens (including phenoxy) is 1.